The largest absolute Gasteiger partial charge is 0.364 e. The summed E-state index contributed by atoms with van der Waals surface area (Å²) in [6, 6.07) is 22.3. The summed E-state index contributed by atoms with van der Waals surface area (Å²) in [6.07, 6.45) is 2.47. The minimum atomic E-state index is 0. The molecule has 21 heavy (non-hydrogen) atoms. The van der Waals surface area contributed by atoms with Crippen LogP contribution in [0.2, 0.25) is 0 Å². The van der Waals surface area contributed by atoms with E-state index in [0.29, 0.717) is 11.5 Å². The van der Waals surface area contributed by atoms with Crippen LogP contribution in [0.4, 0.5) is 5.69 Å². The predicted octanol–water partition coefficient (Wildman–Crippen LogP) is 5.48. The van der Waals surface area contributed by atoms with E-state index in [2.05, 4.69) is 79.4 Å². The molecule has 0 spiro atoms. The molecule has 3 rings (SSSR count). The average Bonchev–Trinajstić information content (AvgIpc) is 2.48. The lowest BCUT2D eigenvalue weighted by Gasteiger charge is -2.45. The van der Waals surface area contributed by atoms with Gasteiger partial charge in [0.1, 0.15) is 0 Å². The molecule has 0 radical (unpaired) electrons. The van der Waals surface area contributed by atoms with E-state index in [9.17, 15) is 0 Å². The third-order valence-electron chi connectivity index (χ3n) is 4.42. The Bertz CT molecular complexity index is 550. The Morgan fingerprint density at radius 1 is 0.905 bits per heavy atom. The van der Waals surface area contributed by atoms with Crippen LogP contribution in [0.1, 0.15) is 38.3 Å². The average molecular weight is 302 g/mol. The Morgan fingerprint density at radius 3 is 2.10 bits per heavy atom. The number of para-hydroxylation sites is 1. The molecule has 0 bridgehead atoms. The zero-order chi connectivity index (χ0) is 14.0. The number of benzene rings is 2. The molecule has 0 aromatic heterocycles. The van der Waals surface area contributed by atoms with Gasteiger partial charge in [0.05, 0.1) is 6.04 Å². The smallest absolute Gasteiger partial charge is 0.0547 e. The highest BCUT2D eigenvalue weighted by atomic mass is 35.5. The predicted molar refractivity (Wildman–Crippen MR) is 93.2 cm³/mol. The van der Waals surface area contributed by atoms with E-state index in [1.807, 2.05) is 0 Å². The van der Waals surface area contributed by atoms with Crippen LogP contribution in [-0.2, 0) is 0 Å². The topological polar surface area (TPSA) is 3.24 Å². The maximum atomic E-state index is 2.57. The number of nitrogens with zero attached hydrogens (tertiary/aromatic N) is 1. The Balaban J connectivity index is 0.00000161. The Kier molecular flexibility index (Phi) is 4.95. The number of rotatable bonds is 2. The fraction of sp³-hybridized carbons (Fsp3) is 0.368. The first-order valence-corrected chi connectivity index (χ1v) is 7.52. The first kappa shape index (κ1) is 15.9. The molecule has 2 aromatic rings. The van der Waals surface area contributed by atoms with Gasteiger partial charge >= 0.3 is 0 Å². The maximum absolute atomic E-state index is 2.57. The summed E-state index contributed by atoms with van der Waals surface area (Å²) in [7, 11) is 0. The zero-order valence-corrected chi connectivity index (χ0v) is 13.6. The van der Waals surface area contributed by atoms with Gasteiger partial charge in [-0.05, 0) is 36.0 Å². The van der Waals surface area contributed by atoms with Gasteiger partial charge < -0.3 is 4.90 Å². The van der Waals surface area contributed by atoms with Crippen LogP contribution in [0.5, 0.6) is 0 Å². The molecule has 0 amide bonds. The van der Waals surface area contributed by atoms with Crippen molar-refractivity contribution < 1.29 is 0 Å². The van der Waals surface area contributed by atoms with Gasteiger partial charge in [0, 0.05) is 12.2 Å². The summed E-state index contributed by atoms with van der Waals surface area (Å²) in [4.78, 5) is 2.57. The van der Waals surface area contributed by atoms with E-state index in [1.54, 1.807) is 0 Å². The lowest BCUT2D eigenvalue weighted by molar-refractivity contribution is 0.237. The van der Waals surface area contributed by atoms with Crippen molar-refractivity contribution in [2.75, 3.05) is 11.4 Å². The van der Waals surface area contributed by atoms with Crippen LogP contribution in [0, 0.1) is 5.41 Å². The molecule has 1 heterocycles. The number of hydrogen-bond acceptors (Lipinski definition) is 1. The maximum Gasteiger partial charge on any atom is 0.0547 e. The molecule has 2 heteroatoms. The molecule has 1 nitrogen and oxygen atoms in total. The van der Waals surface area contributed by atoms with Gasteiger partial charge in [0.2, 0.25) is 0 Å². The van der Waals surface area contributed by atoms with E-state index >= 15 is 0 Å². The first-order valence-electron chi connectivity index (χ1n) is 7.52. The van der Waals surface area contributed by atoms with Crippen molar-refractivity contribution in [3.05, 3.63) is 66.2 Å². The molecular weight excluding hydrogens is 278 g/mol. The summed E-state index contributed by atoms with van der Waals surface area (Å²) in [5.74, 6) is 0. The highest BCUT2D eigenvalue weighted by molar-refractivity contribution is 5.85. The number of hydrogen-bond donors (Lipinski definition) is 0. The van der Waals surface area contributed by atoms with Gasteiger partial charge in [-0.3, -0.25) is 0 Å². The van der Waals surface area contributed by atoms with Crippen molar-refractivity contribution in [2.24, 2.45) is 5.41 Å². The SMILES string of the molecule is CC1(C)CCN(c2ccccc2)C(c2ccccc2)C1.Cl. The van der Waals surface area contributed by atoms with Crippen molar-refractivity contribution >= 4 is 18.1 Å². The quantitative estimate of drug-likeness (QED) is 0.710. The molecule has 0 aliphatic carbocycles. The monoisotopic (exact) mass is 301 g/mol. The standard InChI is InChI=1S/C19H23N.ClH/c1-19(2)13-14-20(17-11-7-4-8-12-17)18(15-19)16-9-5-3-6-10-16;/h3-12,18H,13-15H2,1-2H3;1H. The Morgan fingerprint density at radius 2 is 1.48 bits per heavy atom. The minimum absolute atomic E-state index is 0. The van der Waals surface area contributed by atoms with Gasteiger partial charge in [-0.25, -0.2) is 0 Å². The molecule has 1 unspecified atom stereocenters. The second kappa shape index (κ2) is 6.53. The van der Waals surface area contributed by atoms with Gasteiger partial charge in [-0.2, -0.15) is 0 Å². The zero-order valence-electron chi connectivity index (χ0n) is 12.8. The number of halogens is 1. The fourth-order valence-electron chi connectivity index (χ4n) is 3.22. The highest BCUT2D eigenvalue weighted by Gasteiger charge is 2.34. The lowest BCUT2D eigenvalue weighted by Crippen LogP contribution is -2.40. The van der Waals surface area contributed by atoms with E-state index in [0.717, 1.165) is 6.54 Å². The fourth-order valence-corrected chi connectivity index (χ4v) is 3.22. The molecule has 0 saturated carbocycles. The van der Waals surface area contributed by atoms with Crippen LogP contribution in [0.25, 0.3) is 0 Å². The first-order chi connectivity index (χ1) is 9.66. The molecule has 1 atom stereocenters. The van der Waals surface area contributed by atoms with Crippen molar-refractivity contribution in [3.8, 4) is 0 Å². The van der Waals surface area contributed by atoms with Crippen molar-refractivity contribution in [3.63, 3.8) is 0 Å². The minimum Gasteiger partial charge on any atom is -0.364 e. The third kappa shape index (κ3) is 3.59. The lowest BCUT2D eigenvalue weighted by atomic mass is 9.76. The third-order valence-corrected chi connectivity index (χ3v) is 4.42. The van der Waals surface area contributed by atoms with Gasteiger partial charge in [0.25, 0.3) is 0 Å². The van der Waals surface area contributed by atoms with Gasteiger partial charge in [-0.15, -0.1) is 12.4 Å². The van der Waals surface area contributed by atoms with Gasteiger partial charge in [0.15, 0.2) is 0 Å². The highest BCUT2D eigenvalue weighted by Crippen LogP contribution is 2.43. The summed E-state index contributed by atoms with van der Waals surface area (Å²) < 4.78 is 0. The Hall–Kier alpha value is -1.47. The molecule has 2 aromatic carbocycles. The van der Waals surface area contributed by atoms with Crippen LogP contribution < -0.4 is 4.90 Å². The summed E-state index contributed by atoms with van der Waals surface area (Å²) in [6.45, 7) is 5.92. The number of piperidine rings is 1. The van der Waals surface area contributed by atoms with Crippen molar-refractivity contribution in [2.45, 2.75) is 32.7 Å². The Labute approximate surface area is 134 Å². The van der Waals surface area contributed by atoms with E-state index in [-0.39, 0.29) is 12.4 Å². The van der Waals surface area contributed by atoms with E-state index in [4.69, 9.17) is 0 Å². The molecule has 1 aliphatic heterocycles. The molecule has 1 aliphatic rings. The van der Waals surface area contributed by atoms with Crippen LogP contribution in [0.3, 0.4) is 0 Å². The molecule has 1 saturated heterocycles. The molecule has 112 valence electrons. The van der Waals surface area contributed by atoms with Crippen molar-refractivity contribution in [1.29, 1.82) is 0 Å². The number of anilines is 1. The second-order valence-corrected chi connectivity index (χ2v) is 6.57. The summed E-state index contributed by atoms with van der Waals surface area (Å²) in [5, 5.41) is 0. The van der Waals surface area contributed by atoms with Crippen LogP contribution in [-0.4, -0.2) is 6.54 Å². The van der Waals surface area contributed by atoms with Crippen molar-refractivity contribution in [1.82, 2.24) is 0 Å². The second-order valence-electron chi connectivity index (χ2n) is 6.57. The summed E-state index contributed by atoms with van der Waals surface area (Å²) >= 11 is 0. The molecule has 1 fully saturated rings. The van der Waals surface area contributed by atoms with Gasteiger partial charge in [-0.1, -0.05) is 62.4 Å². The molecule has 0 N–H and O–H groups in total. The van der Waals surface area contributed by atoms with Crippen LogP contribution >= 0.6 is 12.4 Å². The van der Waals surface area contributed by atoms with E-state index < -0.39 is 0 Å². The van der Waals surface area contributed by atoms with E-state index in [1.165, 1.54) is 24.1 Å². The van der Waals surface area contributed by atoms with Crippen LogP contribution in [0.15, 0.2) is 60.7 Å². The molecular formula is C19H24ClN. The summed E-state index contributed by atoms with van der Waals surface area (Å²) in [5.41, 5.74) is 3.20. The normalized spacial score (nSPS) is 20.7.